The second kappa shape index (κ2) is 7.71. The molecule has 0 aromatic heterocycles. The SMILES string of the molecule is O=C(C1Cc2ccccc2O1)N1CCN(S(=O)(=O)c2ccc3c(c2)CCCC3)CC1. The molecule has 0 spiro atoms. The number of sulfonamides is 1. The Balaban J connectivity index is 1.24. The van der Waals surface area contributed by atoms with E-state index >= 15 is 0 Å². The molecule has 0 radical (unpaired) electrons. The molecule has 1 atom stereocenters. The van der Waals surface area contributed by atoms with Crippen molar-refractivity contribution in [2.45, 2.75) is 43.1 Å². The van der Waals surface area contributed by atoms with Crippen LogP contribution in [-0.2, 0) is 34.1 Å². The molecule has 2 heterocycles. The molecule has 0 bridgehead atoms. The lowest BCUT2D eigenvalue weighted by Gasteiger charge is -2.35. The number of nitrogens with zero attached hydrogens (tertiary/aromatic N) is 2. The highest BCUT2D eigenvalue weighted by atomic mass is 32.2. The van der Waals surface area contributed by atoms with Crippen molar-refractivity contribution >= 4 is 15.9 Å². The Morgan fingerprint density at radius 3 is 2.40 bits per heavy atom. The van der Waals surface area contributed by atoms with Gasteiger partial charge in [0.25, 0.3) is 5.91 Å². The number of carbonyl (C=O) groups excluding carboxylic acids is 1. The summed E-state index contributed by atoms with van der Waals surface area (Å²) in [6.45, 7) is 1.40. The maximum atomic E-state index is 13.2. The fourth-order valence-electron chi connectivity index (χ4n) is 4.69. The lowest BCUT2D eigenvalue weighted by atomic mass is 9.92. The summed E-state index contributed by atoms with van der Waals surface area (Å²) in [4.78, 5) is 15.0. The number of benzene rings is 2. The number of para-hydroxylation sites is 1. The predicted octanol–water partition coefficient (Wildman–Crippen LogP) is 2.40. The average Bonchev–Trinajstić information content (AvgIpc) is 3.22. The number of amides is 1. The van der Waals surface area contributed by atoms with Gasteiger partial charge in [0.2, 0.25) is 10.0 Å². The Hall–Kier alpha value is -2.38. The second-order valence-corrected chi connectivity index (χ2v) is 10.2. The zero-order valence-corrected chi connectivity index (χ0v) is 17.7. The Morgan fingerprint density at radius 2 is 1.63 bits per heavy atom. The van der Waals surface area contributed by atoms with Crippen molar-refractivity contribution in [1.82, 2.24) is 9.21 Å². The average molecular weight is 427 g/mol. The molecule has 2 aliphatic heterocycles. The van der Waals surface area contributed by atoms with E-state index in [0.717, 1.165) is 36.1 Å². The van der Waals surface area contributed by atoms with E-state index in [4.69, 9.17) is 4.74 Å². The third-order valence-corrected chi connectivity index (χ3v) is 8.33. The van der Waals surface area contributed by atoms with Gasteiger partial charge in [0.15, 0.2) is 6.10 Å². The first-order chi connectivity index (χ1) is 14.5. The van der Waals surface area contributed by atoms with Gasteiger partial charge in [-0.15, -0.1) is 0 Å². The van der Waals surface area contributed by atoms with Crippen molar-refractivity contribution in [2.24, 2.45) is 0 Å². The quantitative estimate of drug-likeness (QED) is 0.756. The fraction of sp³-hybridized carbons (Fsp3) is 0.435. The number of hydrogen-bond acceptors (Lipinski definition) is 4. The molecule has 30 heavy (non-hydrogen) atoms. The highest BCUT2D eigenvalue weighted by Crippen LogP contribution is 2.30. The number of piperazine rings is 1. The molecule has 0 N–H and O–H groups in total. The van der Waals surface area contributed by atoms with Gasteiger partial charge in [-0.05, 0) is 60.6 Å². The zero-order valence-electron chi connectivity index (χ0n) is 16.9. The van der Waals surface area contributed by atoms with Crippen LogP contribution in [0.5, 0.6) is 5.75 Å². The number of aryl methyl sites for hydroxylation is 2. The monoisotopic (exact) mass is 426 g/mol. The molecule has 0 saturated carbocycles. The van der Waals surface area contributed by atoms with Gasteiger partial charge >= 0.3 is 0 Å². The Labute approximate surface area is 177 Å². The molecule has 1 amide bonds. The summed E-state index contributed by atoms with van der Waals surface area (Å²) in [5.74, 6) is 0.710. The molecule has 2 aromatic carbocycles. The van der Waals surface area contributed by atoms with Crippen LogP contribution in [0.25, 0.3) is 0 Å². The van der Waals surface area contributed by atoms with Crippen LogP contribution in [0.4, 0.5) is 0 Å². The topological polar surface area (TPSA) is 66.9 Å². The summed E-state index contributed by atoms with van der Waals surface area (Å²) >= 11 is 0. The first-order valence-corrected chi connectivity index (χ1v) is 12.1. The van der Waals surface area contributed by atoms with E-state index in [1.165, 1.54) is 16.3 Å². The van der Waals surface area contributed by atoms with Crippen molar-refractivity contribution in [1.29, 1.82) is 0 Å². The van der Waals surface area contributed by atoms with Crippen molar-refractivity contribution in [3.8, 4) is 5.75 Å². The molecule has 1 aliphatic carbocycles. The number of hydrogen-bond donors (Lipinski definition) is 0. The van der Waals surface area contributed by atoms with Gasteiger partial charge in [-0.2, -0.15) is 4.31 Å². The van der Waals surface area contributed by atoms with E-state index in [1.807, 2.05) is 36.4 Å². The van der Waals surface area contributed by atoms with Crippen molar-refractivity contribution in [3.63, 3.8) is 0 Å². The second-order valence-electron chi connectivity index (χ2n) is 8.29. The fourth-order valence-corrected chi connectivity index (χ4v) is 6.16. The van der Waals surface area contributed by atoms with Gasteiger partial charge in [-0.25, -0.2) is 8.42 Å². The third kappa shape index (κ3) is 3.50. The summed E-state index contributed by atoms with van der Waals surface area (Å²) in [5.41, 5.74) is 3.48. The van der Waals surface area contributed by atoms with Crippen LogP contribution in [0.1, 0.15) is 29.5 Å². The van der Waals surface area contributed by atoms with Gasteiger partial charge in [-0.3, -0.25) is 4.79 Å². The van der Waals surface area contributed by atoms with Crippen LogP contribution in [0.15, 0.2) is 47.4 Å². The summed E-state index contributed by atoms with van der Waals surface area (Å²) < 4.78 is 33.6. The lowest BCUT2D eigenvalue weighted by Crippen LogP contribution is -2.53. The summed E-state index contributed by atoms with van der Waals surface area (Å²) in [7, 11) is -3.54. The first kappa shape index (κ1) is 19.6. The van der Waals surface area contributed by atoms with Crippen LogP contribution >= 0.6 is 0 Å². The molecule has 1 saturated heterocycles. The molecule has 158 valence electrons. The minimum Gasteiger partial charge on any atom is -0.480 e. The first-order valence-electron chi connectivity index (χ1n) is 10.7. The highest BCUT2D eigenvalue weighted by molar-refractivity contribution is 7.89. The summed E-state index contributed by atoms with van der Waals surface area (Å²) in [6.07, 6.45) is 4.33. The number of carbonyl (C=O) groups is 1. The molecule has 1 fully saturated rings. The molecule has 5 rings (SSSR count). The third-order valence-electron chi connectivity index (χ3n) is 6.43. The van der Waals surface area contributed by atoms with E-state index in [2.05, 4.69) is 0 Å². The molecule has 1 unspecified atom stereocenters. The minimum absolute atomic E-state index is 0.0583. The number of rotatable bonds is 3. The van der Waals surface area contributed by atoms with E-state index in [-0.39, 0.29) is 5.91 Å². The molecular formula is C23H26N2O4S. The Bertz CT molecular complexity index is 1050. The number of fused-ring (bicyclic) bond motifs is 2. The largest absolute Gasteiger partial charge is 0.480 e. The van der Waals surface area contributed by atoms with Gasteiger partial charge < -0.3 is 9.64 Å². The van der Waals surface area contributed by atoms with Gasteiger partial charge in [0.1, 0.15) is 5.75 Å². The molecule has 3 aliphatic rings. The van der Waals surface area contributed by atoms with Crippen LogP contribution in [0, 0.1) is 0 Å². The van der Waals surface area contributed by atoms with Crippen molar-refractivity contribution in [2.75, 3.05) is 26.2 Å². The molecular weight excluding hydrogens is 400 g/mol. The van der Waals surface area contributed by atoms with Gasteiger partial charge in [0.05, 0.1) is 4.90 Å². The van der Waals surface area contributed by atoms with E-state index < -0.39 is 16.1 Å². The maximum Gasteiger partial charge on any atom is 0.264 e. The smallest absolute Gasteiger partial charge is 0.264 e. The van der Waals surface area contributed by atoms with Crippen LogP contribution in [0.3, 0.4) is 0 Å². The standard InChI is InChI=1S/C23H26N2O4S/c26-23(22-16-19-7-3-4-8-21(19)29-22)24-11-13-25(14-12-24)30(27,28)20-10-9-17-5-1-2-6-18(17)15-20/h3-4,7-10,15,22H,1-2,5-6,11-14,16H2. The zero-order chi connectivity index (χ0) is 20.7. The van der Waals surface area contributed by atoms with Crippen LogP contribution < -0.4 is 4.74 Å². The normalized spacial score (nSPS) is 21.6. The minimum atomic E-state index is -3.54. The summed E-state index contributed by atoms with van der Waals surface area (Å²) in [5, 5.41) is 0. The maximum absolute atomic E-state index is 13.2. The van der Waals surface area contributed by atoms with E-state index in [1.54, 1.807) is 11.0 Å². The molecule has 6 nitrogen and oxygen atoms in total. The number of ether oxygens (including phenoxy) is 1. The van der Waals surface area contributed by atoms with Crippen LogP contribution in [0.2, 0.25) is 0 Å². The van der Waals surface area contributed by atoms with Gasteiger partial charge in [-0.1, -0.05) is 24.3 Å². The van der Waals surface area contributed by atoms with Crippen molar-refractivity contribution in [3.05, 3.63) is 59.2 Å². The van der Waals surface area contributed by atoms with Gasteiger partial charge in [0, 0.05) is 32.6 Å². The van der Waals surface area contributed by atoms with Crippen molar-refractivity contribution < 1.29 is 17.9 Å². The Kier molecular flexibility index (Phi) is 5.03. The molecule has 7 heteroatoms. The molecule has 2 aromatic rings. The van der Waals surface area contributed by atoms with E-state index in [0.29, 0.717) is 37.5 Å². The highest BCUT2D eigenvalue weighted by Gasteiger charge is 2.36. The predicted molar refractivity (Wildman–Crippen MR) is 113 cm³/mol. The summed E-state index contributed by atoms with van der Waals surface area (Å²) in [6, 6.07) is 13.3. The Morgan fingerprint density at radius 1 is 0.900 bits per heavy atom. The lowest BCUT2D eigenvalue weighted by molar-refractivity contribution is -0.139. The van der Waals surface area contributed by atoms with Crippen LogP contribution in [-0.4, -0.2) is 55.8 Å². The van der Waals surface area contributed by atoms with E-state index in [9.17, 15) is 13.2 Å².